The Labute approximate surface area is 704 Å². The van der Waals surface area contributed by atoms with Crippen molar-refractivity contribution < 1.29 is 4.42 Å². The van der Waals surface area contributed by atoms with Gasteiger partial charge in [0.1, 0.15) is 11.2 Å². The molecule has 0 amide bonds. The number of rotatable bonds is 12. The van der Waals surface area contributed by atoms with Gasteiger partial charge in [-0.15, -0.1) is 11.3 Å². The molecule has 0 radical (unpaired) electrons. The molecule has 0 aliphatic heterocycles. The molecule has 4 heteroatoms. The number of hydrogen-bond donors (Lipinski definition) is 0. The Hall–Kier alpha value is -14.4. The fourth-order valence-corrected chi connectivity index (χ4v) is 22.6. The van der Waals surface area contributed by atoms with Crippen molar-refractivity contribution in [3.8, 4) is 66.8 Å². The monoisotopic (exact) mass is 1550 g/mol. The van der Waals surface area contributed by atoms with Crippen molar-refractivity contribution in [3.05, 3.63) is 491 Å². The maximum absolute atomic E-state index is 7.23. The lowest BCUT2D eigenvalue weighted by Gasteiger charge is -2.34. The average molecular weight is 1550 g/mol. The van der Waals surface area contributed by atoms with Crippen molar-refractivity contribution >= 4 is 87.6 Å². The predicted octanol–water partition coefficient (Wildman–Crippen LogP) is 31.3. The Kier molecular flexibility index (Phi) is 16.3. The van der Waals surface area contributed by atoms with Crippen molar-refractivity contribution in [2.75, 3.05) is 9.80 Å². The summed E-state index contributed by atoms with van der Waals surface area (Å²) in [5.74, 6) is 0. The van der Waals surface area contributed by atoms with Gasteiger partial charge in [-0.05, 0) is 195 Å². The summed E-state index contributed by atoms with van der Waals surface area (Å²) in [5.41, 5.74) is 38.1. The molecule has 18 aromatic carbocycles. The number of fused-ring (bicyclic) bond motifs is 18. The Bertz CT molecular complexity index is 7370. The highest BCUT2D eigenvalue weighted by Gasteiger charge is 2.50. The maximum atomic E-state index is 7.23. The highest BCUT2D eigenvalue weighted by molar-refractivity contribution is 7.26. The first-order valence-electron chi connectivity index (χ1n) is 41.9. The summed E-state index contributed by atoms with van der Waals surface area (Å²) in [6, 6.07) is 157. The molecular weight excluding hydrogens is 1470 g/mol. The first-order chi connectivity index (χ1) is 59.0. The van der Waals surface area contributed by atoms with Gasteiger partial charge in [0.2, 0.25) is 0 Å². The first-order valence-corrected chi connectivity index (χ1v) is 42.7. The minimum atomic E-state index is -0.563. The molecule has 0 unspecified atom stereocenters. The molecule has 0 N–H and O–H groups in total. The smallest absolute Gasteiger partial charge is 0.140 e. The first kappa shape index (κ1) is 70.9. The van der Waals surface area contributed by atoms with Crippen molar-refractivity contribution in [1.82, 2.24) is 0 Å². The zero-order chi connectivity index (χ0) is 80.0. The second kappa shape index (κ2) is 27.6. The van der Waals surface area contributed by atoms with Crippen LogP contribution in [0.5, 0.6) is 0 Å². The lowest BCUT2D eigenvalue weighted by Crippen LogP contribution is -2.28. The summed E-state index contributed by atoms with van der Waals surface area (Å²) >= 11 is 1.94. The van der Waals surface area contributed by atoms with E-state index < -0.39 is 10.8 Å². The van der Waals surface area contributed by atoms with Gasteiger partial charge in [-0.3, -0.25) is 0 Å². The van der Waals surface area contributed by atoms with Crippen LogP contribution in [-0.2, 0) is 21.7 Å². The van der Waals surface area contributed by atoms with E-state index in [2.05, 4.69) is 462 Å². The van der Waals surface area contributed by atoms with Gasteiger partial charge in [0.05, 0.1) is 21.2 Å². The van der Waals surface area contributed by atoms with Gasteiger partial charge < -0.3 is 14.2 Å². The van der Waals surface area contributed by atoms with Crippen LogP contribution in [0.2, 0.25) is 0 Å². The third-order valence-corrected chi connectivity index (χ3v) is 28.0. The quantitative estimate of drug-likeness (QED) is 0.122. The molecule has 0 spiro atoms. The van der Waals surface area contributed by atoms with E-state index in [-0.39, 0.29) is 10.8 Å². The molecule has 0 bridgehead atoms. The van der Waals surface area contributed by atoms with E-state index in [1.807, 2.05) is 11.3 Å². The van der Waals surface area contributed by atoms with Crippen LogP contribution in [-0.4, -0.2) is 0 Å². The minimum Gasteiger partial charge on any atom is -0.456 e. The highest BCUT2D eigenvalue weighted by Crippen LogP contribution is 2.62. The van der Waals surface area contributed by atoms with Crippen LogP contribution < -0.4 is 9.80 Å². The van der Waals surface area contributed by atoms with E-state index in [1.54, 1.807) is 0 Å². The zero-order valence-corrected chi connectivity index (χ0v) is 67.9. The van der Waals surface area contributed by atoms with Gasteiger partial charge in [0.25, 0.3) is 0 Å². The summed E-state index contributed by atoms with van der Waals surface area (Å²) in [5, 5.41) is 4.78. The Morgan fingerprint density at radius 2 is 0.542 bits per heavy atom. The van der Waals surface area contributed by atoms with E-state index in [4.69, 9.17) is 4.42 Å². The van der Waals surface area contributed by atoms with Crippen molar-refractivity contribution in [1.29, 1.82) is 0 Å². The predicted molar refractivity (Wildman–Crippen MR) is 503 cm³/mol. The minimum absolute atomic E-state index is 0.122. The second-order valence-corrected chi connectivity index (χ2v) is 34.6. The molecular formula is C116H82N2OS. The van der Waals surface area contributed by atoms with E-state index >= 15 is 0 Å². The number of nitrogens with zero attached hydrogens (tertiary/aromatic N) is 2. The lowest BCUT2D eigenvalue weighted by atomic mass is 9.67. The topological polar surface area (TPSA) is 19.6 Å². The van der Waals surface area contributed by atoms with Crippen molar-refractivity contribution in [2.24, 2.45) is 0 Å². The zero-order valence-electron chi connectivity index (χ0n) is 67.1. The molecule has 0 saturated carbocycles. The van der Waals surface area contributed by atoms with Gasteiger partial charge in [0.15, 0.2) is 0 Å². The van der Waals surface area contributed by atoms with Crippen LogP contribution in [0.3, 0.4) is 0 Å². The summed E-state index contributed by atoms with van der Waals surface area (Å²) in [6.45, 7) is 9.44. The van der Waals surface area contributed by atoms with E-state index in [1.165, 1.54) is 154 Å². The lowest BCUT2D eigenvalue weighted by molar-refractivity contribution is 0.648. The molecule has 4 aliphatic carbocycles. The molecule has 0 atom stereocenters. The molecule has 568 valence electrons. The molecule has 24 rings (SSSR count). The fraction of sp³-hybridized carbons (Fsp3) is 0.0690. The van der Waals surface area contributed by atoms with Gasteiger partial charge in [-0.1, -0.05) is 380 Å². The maximum Gasteiger partial charge on any atom is 0.140 e. The number of furan rings is 1. The van der Waals surface area contributed by atoms with Crippen LogP contribution >= 0.6 is 11.3 Å². The molecule has 0 fully saturated rings. The summed E-state index contributed by atoms with van der Waals surface area (Å²) in [6.07, 6.45) is 0. The van der Waals surface area contributed by atoms with E-state index in [0.29, 0.717) is 0 Å². The summed E-state index contributed by atoms with van der Waals surface area (Å²) in [4.78, 5) is 4.88. The third kappa shape index (κ3) is 10.6. The Morgan fingerprint density at radius 1 is 0.217 bits per heavy atom. The van der Waals surface area contributed by atoms with Gasteiger partial charge >= 0.3 is 0 Å². The largest absolute Gasteiger partial charge is 0.456 e. The van der Waals surface area contributed by atoms with Gasteiger partial charge in [-0.2, -0.15) is 0 Å². The number of thiophene rings is 1. The number of anilines is 6. The molecule has 3 nitrogen and oxygen atoms in total. The Balaban J connectivity index is 0.000000140. The summed E-state index contributed by atoms with van der Waals surface area (Å²) < 4.78 is 9.83. The van der Waals surface area contributed by atoms with Crippen molar-refractivity contribution in [2.45, 2.75) is 49.4 Å². The van der Waals surface area contributed by atoms with E-state index in [9.17, 15) is 0 Å². The fourth-order valence-electron chi connectivity index (χ4n) is 21.3. The van der Waals surface area contributed by atoms with Crippen LogP contribution in [0.25, 0.3) is 109 Å². The number of para-hydroxylation sites is 1. The highest BCUT2D eigenvalue weighted by atomic mass is 32.1. The van der Waals surface area contributed by atoms with Crippen molar-refractivity contribution in [3.63, 3.8) is 0 Å². The average Bonchev–Trinajstić information content (AvgIpc) is 1.53. The molecule has 0 saturated heterocycles. The number of benzene rings is 18. The van der Waals surface area contributed by atoms with Crippen LogP contribution in [0.15, 0.2) is 429 Å². The van der Waals surface area contributed by atoms with Crippen LogP contribution in [0, 0.1) is 0 Å². The SMILES string of the molecule is CC1(C)c2ccccc2-c2ccc(N(c3ccc(-c4ccccc4)cc3)c3ccc4c(c3)oc3c(C5(c6ccccc6)c6ccccc6-c6ccccc65)cccc34)cc21.CC1(C)c2ccccc2-c2ccc(N(c3ccc(-c4ccccc4)cc3)c3cccc4c3sc3c(C5(c6ccccc6)c6ccccc6-c6ccccc65)cccc34)cc21. The molecule has 2 heterocycles. The van der Waals surface area contributed by atoms with Gasteiger partial charge in [-0.25, -0.2) is 0 Å². The van der Waals surface area contributed by atoms with Gasteiger partial charge in [0, 0.05) is 77.1 Å². The second-order valence-electron chi connectivity index (χ2n) is 33.6. The normalized spacial score (nSPS) is 14.1. The molecule has 120 heavy (non-hydrogen) atoms. The number of hydrogen-bond acceptors (Lipinski definition) is 4. The van der Waals surface area contributed by atoms with Crippen LogP contribution in [0.4, 0.5) is 34.1 Å². The molecule has 4 aliphatic rings. The van der Waals surface area contributed by atoms with Crippen LogP contribution in [0.1, 0.15) is 94.5 Å². The Morgan fingerprint density at radius 3 is 1.02 bits per heavy atom. The molecule has 20 aromatic rings. The third-order valence-electron chi connectivity index (χ3n) is 26.7. The molecule has 2 aromatic heterocycles. The standard InChI is InChI=1S/C58H41NO.C58H41NS/c1-57(2)50-24-12-9-20-44(50)47-34-32-42(36-54(47)57)59(41-30-28-39(29-31-41)38-16-5-3-6-17-38)43-33-35-48-49-23-15-27-53(56(49)60-55(48)37-43)58(40-18-7-4-8-19-40)51-25-13-10-21-45(51)46-22-11-14-26-52(46)58;1-57(2)49-26-12-9-21-43(49)46-36-35-42(37-53(46)57)59(41-33-31-39(32-34-41)38-17-5-3-6-18-38)54-30-16-25-48-47-24-15-29-52(55(47)60-56(48)54)58(40-19-7-4-8-20-40)50-27-13-10-22-44(50)45-23-11-14-28-51(45)58/h2*3-37H,1-2H3. The summed E-state index contributed by atoms with van der Waals surface area (Å²) in [7, 11) is 0. The van der Waals surface area contributed by atoms with E-state index in [0.717, 1.165) is 55.9 Å².